The summed E-state index contributed by atoms with van der Waals surface area (Å²) in [5.41, 5.74) is 0.126. The number of amides is 2. The minimum atomic E-state index is -0.554. The molecule has 1 aromatic heterocycles. The van der Waals surface area contributed by atoms with Gasteiger partial charge >= 0.3 is 0 Å². The Bertz CT molecular complexity index is 686. The lowest BCUT2D eigenvalue weighted by molar-refractivity contribution is -0.384. The molecule has 2 amide bonds. The van der Waals surface area contributed by atoms with Crippen molar-refractivity contribution in [2.75, 3.05) is 11.9 Å². The van der Waals surface area contributed by atoms with Gasteiger partial charge in [-0.25, -0.2) is 4.98 Å². The first-order chi connectivity index (χ1) is 10.6. The summed E-state index contributed by atoms with van der Waals surface area (Å²) in [5.74, 6) is -0.530. The van der Waals surface area contributed by atoms with Crippen LogP contribution in [0.25, 0.3) is 0 Å². The van der Waals surface area contributed by atoms with Crippen molar-refractivity contribution in [2.24, 2.45) is 0 Å². The molecular weight excluding hydrogens is 288 g/mol. The maximum absolute atomic E-state index is 11.8. The van der Waals surface area contributed by atoms with Crippen molar-refractivity contribution in [3.05, 3.63) is 64.3 Å². The molecule has 0 fully saturated rings. The van der Waals surface area contributed by atoms with Crippen LogP contribution in [0.5, 0.6) is 0 Å². The Morgan fingerprint density at radius 3 is 2.45 bits per heavy atom. The smallest absolute Gasteiger partial charge is 0.269 e. The number of nitro groups is 1. The molecule has 2 aromatic rings. The van der Waals surface area contributed by atoms with E-state index in [1.54, 1.807) is 18.2 Å². The van der Waals surface area contributed by atoms with Gasteiger partial charge in [0.2, 0.25) is 5.91 Å². The van der Waals surface area contributed by atoms with Gasteiger partial charge in [0.05, 0.1) is 11.5 Å². The molecule has 0 unspecified atom stereocenters. The molecular formula is C14H12N4O4. The van der Waals surface area contributed by atoms with Crippen LogP contribution in [-0.2, 0) is 4.79 Å². The van der Waals surface area contributed by atoms with Gasteiger partial charge in [-0.2, -0.15) is 0 Å². The molecule has 8 heteroatoms. The number of nitrogens with zero attached hydrogens (tertiary/aromatic N) is 2. The van der Waals surface area contributed by atoms with Gasteiger partial charge in [-0.3, -0.25) is 19.7 Å². The van der Waals surface area contributed by atoms with Crippen LogP contribution in [0, 0.1) is 10.1 Å². The zero-order chi connectivity index (χ0) is 15.9. The first-order valence-electron chi connectivity index (χ1n) is 6.30. The standard InChI is InChI=1S/C14H12N4O4/c19-13(17-12-3-1-2-8-15-12)9-16-14(20)10-4-6-11(7-5-10)18(21)22/h1-8H,9H2,(H,16,20)(H,15,17,19). The lowest BCUT2D eigenvalue weighted by Gasteiger charge is -2.06. The lowest BCUT2D eigenvalue weighted by atomic mass is 10.2. The van der Waals surface area contributed by atoms with Crippen molar-refractivity contribution in [2.45, 2.75) is 0 Å². The van der Waals surface area contributed by atoms with E-state index in [0.29, 0.717) is 5.82 Å². The van der Waals surface area contributed by atoms with E-state index in [9.17, 15) is 19.7 Å². The highest BCUT2D eigenvalue weighted by atomic mass is 16.6. The first-order valence-corrected chi connectivity index (χ1v) is 6.30. The van der Waals surface area contributed by atoms with Crippen molar-refractivity contribution >= 4 is 23.3 Å². The van der Waals surface area contributed by atoms with Crippen LogP contribution in [-0.4, -0.2) is 28.3 Å². The Balaban J connectivity index is 1.87. The summed E-state index contributed by atoms with van der Waals surface area (Å²) < 4.78 is 0. The Labute approximate surface area is 125 Å². The number of aromatic nitrogens is 1. The second kappa shape index (κ2) is 6.93. The van der Waals surface area contributed by atoms with E-state index in [-0.39, 0.29) is 17.8 Å². The van der Waals surface area contributed by atoms with Crippen molar-refractivity contribution in [3.8, 4) is 0 Å². The van der Waals surface area contributed by atoms with Crippen LogP contribution >= 0.6 is 0 Å². The molecule has 112 valence electrons. The molecule has 0 atom stereocenters. The number of carbonyl (C=O) groups excluding carboxylic acids is 2. The summed E-state index contributed by atoms with van der Waals surface area (Å²) >= 11 is 0. The Morgan fingerprint density at radius 2 is 1.86 bits per heavy atom. The highest BCUT2D eigenvalue weighted by molar-refractivity contribution is 5.99. The van der Waals surface area contributed by atoms with Crippen molar-refractivity contribution < 1.29 is 14.5 Å². The predicted octanol–water partition coefficient (Wildman–Crippen LogP) is 1.36. The van der Waals surface area contributed by atoms with Crippen LogP contribution in [0.15, 0.2) is 48.7 Å². The average molecular weight is 300 g/mol. The van der Waals surface area contributed by atoms with E-state index in [1.807, 2.05) is 0 Å². The zero-order valence-electron chi connectivity index (χ0n) is 11.4. The van der Waals surface area contributed by atoms with Gasteiger partial charge < -0.3 is 10.6 Å². The van der Waals surface area contributed by atoms with Crippen LogP contribution in [0.3, 0.4) is 0 Å². The van der Waals surface area contributed by atoms with Crippen molar-refractivity contribution in [1.82, 2.24) is 10.3 Å². The van der Waals surface area contributed by atoms with Crippen molar-refractivity contribution in [3.63, 3.8) is 0 Å². The number of rotatable bonds is 5. The summed E-state index contributed by atoms with van der Waals surface area (Å²) in [7, 11) is 0. The number of anilines is 1. The molecule has 1 heterocycles. The molecule has 0 aliphatic heterocycles. The van der Waals surface area contributed by atoms with E-state index < -0.39 is 16.7 Å². The number of nitrogens with one attached hydrogen (secondary N) is 2. The maximum atomic E-state index is 11.8. The predicted molar refractivity (Wildman–Crippen MR) is 78.3 cm³/mol. The van der Waals surface area contributed by atoms with Gasteiger partial charge in [0.25, 0.3) is 11.6 Å². The molecule has 0 bridgehead atoms. The SMILES string of the molecule is O=C(CNC(=O)c1ccc([N+](=O)[O-])cc1)Nc1ccccn1. The Morgan fingerprint density at radius 1 is 1.14 bits per heavy atom. The molecule has 0 saturated heterocycles. The van der Waals surface area contributed by atoms with Crippen LogP contribution < -0.4 is 10.6 Å². The van der Waals surface area contributed by atoms with Gasteiger partial charge in [-0.1, -0.05) is 6.07 Å². The van der Waals surface area contributed by atoms with Crippen LogP contribution in [0.4, 0.5) is 11.5 Å². The molecule has 0 aliphatic rings. The number of pyridine rings is 1. The third-order valence-electron chi connectivity index (χ3n) is 2.68. The highest BCUT2D eigenvalue weighted by Gasteiger charge is 2.10. The number of non-ortho nitro benzene ring substituents is 1. The lowest BCUT2D eigenvalue weighted by Crippen LogP contribution is -2.33. The van der Waals surface area contributed by atoms with Crippen molar-refractivity contribution in [1.29, 1.82) is 0 Å². The van der Waals surface area contributed by atoms with Gasteiger partial charge in [0.15, 0.2) is 0 Å². The molecule has 2 rings (SSSR count). The fraction of sp³-hybridized carbons (Fsp3) is 0.0714. The summed E-state index contributed by atoms with van der Waals surface area (Å²) in [6.07, 6.45) is 1.53. The number of hydrogen-bond donors (Lipinski definition) is 2. The Hall–Kier alpha value is -3.29. The summed E-state index contributed by atoms with van der Waals surface area (Å²) in [4.78, 5) is 37.3. The fourth-order valence-electron chi connectivity index (χ4n) is 1.62. The number of benzene rings is 1. The molecule has 0 spiro atoms. The second-order valence-corrected chi connectivity index (χ2v) is 4.25. The van der Waals surface area contributed by atoms with Crippen LogP contribution in [0.2, 0.25) is 0 Å². The number of hydrogen-bond acceptors (Lipinski definition) is 5. The normalized spacial score (nSPS) is 9.82. The second-order valence-electron chi connectivity index (χ2n) is 4.25. The van der Waals surface area contributed by atoms with E-state index in [1.165, 1.54) is 30.5 Å². The third-order valence-corrected chi connectivity index (χ3v) is 2.68. The molecule has 2 N–H and O–H groups in total. The number of carbonyl (C=O) groups is 2. The third kappa shape index (κ3) is 4.10. The van der Waals surface area contributed by atoms with Gasteiger partial charge in [0, 0.05) is 23.9 Å². The average Bonchev–Trinajstić information content (AvgIpc) is 2.53. The summed E-state index contributed by atoms with van der Waals surface area (Å²) in [6.45, 7) is -0.230. The highest BCUT2D eigenvalue weighted by Crippen LogP contribution is 2.11. The fourth-order valence-corrected chi connectivity index (χ4v) is 1.62. The Kier molecular flexibility index (Phi) is 4.76. The van der Waals surface area contributed by atoms with Gasteiger partial charge in [0.1, 0.15) is 5.82 Å². The molecule has 22 heavy (non-hydrogen) atoms. The summed E-state index contributed by atoms with van der Waals surface area (Å²) in [5, 5.41) is 15.5. The van der Waals surface area contributed by atoms with Crippen LogP contribution in [0.1, 0.15) is 10.4 Å². The van der Waals surface area contributed by atoms with Gasteiger partial charge in [-0.05, 0) is 24.3 Å². The van der Waals surface area contributed by atoms with E-state index in [0.717, 1.165) is 0 Å². The van der Waals surface area contributed by atoms with Gasteiger partial charge in [-0.15, -0.1) is 0 Å². The van der Waals surface area contributed by atoms with E-state index >= 15 is 0 Å². The minimum Gasteiger partial charge on any atom is -0.343 e. The van der Waals surface area contributed by atoms with E-state index in [4.69, 9.17) is 0 Å². The summed E-state index contributed by atoms with van der Waals surface area (Å²) in [6, 6.07) is 10.2. The quantitative estimate of drug-likeness (QED) is 0.639. The topological polar surface area (TPSA) is 114 Å². The minimum absolute atomic E-state index is 0.107. The monoisotopic (exact) mass is 300 g/mol. The molecule has 0 aliphatic carbocycles. The van der Waals surface area contributed by atoms with E-state index in [2.05, 4.69) is 15.6 Å². The molecule has 8 nitrogen and oxygen atoms in total. The maximum Gasteiger partial charge on any atom is 0.269 e. The molecule has 0 saturated carbocycles. The number of nitro benzene ring substituents is 1. The molecule has 1 aromatic carbocycles. The zero-order valence-corrected chi connectivity index (χ0v) is 11.4. The largest absolute Gasteiger partial charge is 0.343 e. The molecule has 0 radical (unpaired) electrons. The first kappa shape index (κ1) is 15.1.